The summed E-state index contributed by atoms with van der Waals surface area (Å²) in [5, 5.41) is 3.21. The number of benzene rings is 1. The van der Waals surface area contributed by atoms with Crippen LogP contribution in [-0.2, 0) is 18.1 Å². The van der Waals surface area contributed by atoms with Gasteiger partial charge in [0.15, 0.2) is 0 Å². The summed E-state index contributed by atoms with van der Waals surface area (Å²) in [5.41, 5.74) is 0.725. The molecular formula is C12H12F3N. The highest BCUT2D eigenvalue weighted by Gasteiger charge is 2.51. The second-order valence-electron chi connectivity index (χ2n) is 4.72. The van der Waals surface area contributed by atoms with Crippen molar-refractivity contribution in [3.63, 3.8) is 0 Å². The molecule has 1 saturated carbocycles. The molecule has 0 bridgehead atoms. The first-order chi connectivity index (χ1) is 7.53. The first kappa shape index (κ1) is 10.1. The van der Waals surface area contributed by atoms with Crippen molar-refractivity contribution in [3.8, 4) is 0 Å². The Balaban J connectivity index is 2.21. The molecule has 4 heteroatoms. The lowest BCUT2D eigenvalue weighted by Gasteiger charge is -2.29. The van der Waals surface area contributed by atoms with Crippen molar-refractivity contribution in [1.82, 2.24) is 5.32 Å². The molecule has 1 aliphatic carbocycles. The Labute approximate surface area is 91.7 Å². The summed E-state index contributed by atoms with van der Waals surface area (Å²) in [6.45, 7) is 1.24. The van der Waals surface area contributed by atoms with Gasteiger partial charge >= 0.3 is 6.18 Å². The molecule has 1 N–H and O–H groups in total. The highest BCUT2D eigenvalue weighted by atomic mass is 19.4. The predicted molar refractivity (Wildman–Crippen MR) is 54.1 cm³/mol. The first-order valence-corrected chi connectivity index (χ1v) is 5.43. The van der Waals surface area contributed by atoms with Gasteiger partial charge in [-0.2, -0.15) is 13.2 Å². The topological polar surface area (TPSA) is 12.0 Å². The lowest BCUT2D eigenvalue weighted by atomic mass is 9.84. The maximum Gasteiger partial charge on any atom is 0.416 e. The minimum Gasteiger partial charge on any atom is -0.312 e. The summed E-state index contributed by atoms with van der Waals surface area (Å²) < 4.78 is 38.8. The number of halogens is 3. The second kappa shape index (κ2) is 3.00. The molecule has 0 atom stereocenters. The molecule has 1 aromatic carbocycles. The van der Waals surface area contributed by atoms with Crippen molar-refractivity contribution >= 4 is 0 Å². The van der Waals surface area contributed by atoms with Crippen LogP contribution in [0.25, 0.3) is 0 Å². The van der Waals surface area contributed by atoms with E-state index >= 15 is 0 Å². The smallest absolute Gasteiger partial charge is 0.312 e. The number of fused-ring (bicyclic) bond motifs is 2. The van der Waals surface area contributed by atoms with Crippen LogP contribution in [0.15, 0.2) is 18.2 Å². The van der Waals surface area contributed by atoms with Gasteiger partial charge in [0.25, 0.3) is 0 Å². The second-order valence-corrected chi connectivity index (χ2v) is 4.72. The summed E-state index contributed by atoms with van der Waals surface area (Å²) in [5.74, 6) is 0. The highest BCUT2D eigenvalue weighted by molar-refractivity contribution is 5.48. The average Bonchev–Trinajstić information content (AvgIpc) is 2.97. The fourth-order valence-corrected chi connectivity index (χ4v) is 2.71. The monoisotopic (exact) mass is 227 g/mol. The standard InChI is InChI=1S/C12H12F3N/c13-12(14,15)9-3-1-2-8-6-16-7-11(4-5-11)10(8)9/h1-3,16H,4-7H2. The van der Waals surface area contributed by atoms with E-state index in [1.54, 1.807) is 6.07 Å². The van der Waals surface area contributed by atoms with Gasteiger partial charge in [0.05, 0.1) is 5.56 Å². The van der Waals surface area contributed by atoms with Crippen LogP contribution in [0.1, 0.15) is 29.5 Å². The van der Waals surface area contributed by atoms with E-state index in [2.05, 4.69) is 5.32 Å². The number of hydrogen-bond donors (Lipinski definition) is 1. The Morgan fingerprint density at radius 1 is 1.19 bits per heavy atom. The Morgan fingerprint density at radius 3 is 2.56 bits per heavy atom. The largest absolute Gasteiger partial charge is 0.416 e. The molecule has 0 radical (unpaired) electrons. The number of alkyl halides is 3. The van der Waals surface area contributed by atoms with Crippen molar-refractivity contribution < 1.29 is 13.2 Å². The summed E-state index contributed by atoms with van der Waals surface area (Å²) in [6, 6.07) is 4.52. The molecule has 0 saturated heterocycles. The van der Waals surface area contributed by atoms with Gasteiger partial charge in [0.2, 0.25) is 0 Å². The normalized spacial score (nSPS) is 21.9. The third-order valence-corrected chi connectivity index (χ3v) is 3.62. The molecule has 16 heavy (non-hydrogen) atoms. The van der Waals surface area contributed by atoms with E-state index in [1.165, 1.54) is 12.1 Å². The Bertz CT molecular complexity index is 432. The highest BCUT2D eigenvalue weighted by Crippen LogP contribution is 2.53. The SMILES string of the molecule is FC(F)(F)c1cccc2c1C1(CC1)CNC2. The van der Waals surface area contributed by atoms with Gasteiger partial charge < -0.3 is 5.32 Å². The lowest BCUT2D eigenvalue weighted by molar-refractivity contribution is -0.138. The summed E-state index contributed by atoms with van der Waals surface area (Å²) in [7, 11) is 0. The number of nitrogens with one attached hydrogen (secondary N) is 1. The molecule has 86 valence electrons. The van der Waals surface area contributed by atoms with E-state index in [9.17, 15) is 13.2 Å². The van der Waals surface area contributed by atoms with Crippen LogP contribution in [0, 0.1) is 0 Å². The Morgan fingerprint density at radius 2 is 1.94 bits per heavy atom. The van der Waals surface area contributed by atoms with Crippen LogP contribution in [0.2, 0.25) is 0 Å². The molecule has 1 spiro atoms. The number of rotatable bonds is 0. The molecule has 0 unspecified atom stereocenters. The molecule has 1 heterocycles. The van der Waals surface area contributed by atoms with Gasteiger partial charge in [-0.25, -0.2) is 0 Å². The van der Waals surface area contributed by atoms with Gasteiger partial charge in [-0.3, -0.25) is 0 Å². The van der Waals surface area contributed by atoms with Crippen LogP contribution in [0.3, 0.4) is 0 Å². The van der Waals surface area contributed by atoms with Crippen LogP contribution in [0.5, 0.6) is 0 Å². The molecule has 1 fully saturated rings. The molecule has 1 nitrogen and oxygen atoms in total. The predicted octanol–water partition coefficient (Wildman–Crippen LogP) is 2.84. The maximum absolute atomic E-state index is 12.9. The minimum atomic E-state index is -4.22. The Hall–Kier alpha value is -1.03. The molecular weight excluding hydrogens is 215 g/mol. The van der Waals surface area contributed by atoms with E-state index in [1.807, 2.05) is 0 Å². The van der Waals surface area contributed by atoms with E-state index in [4.69, 9.17) is 0 Å². The van der Waals surface area contributed by atoms with Crippen molar-refractivity contribution in [3.05, 3.63) is 34.9 Å². The van der Waals surface area contributed by atoms with Gasteiger partial charge in [-0.15, -0.1) is 0 Å². The van der Waals surface area contributed by atoms with Crippen LogP contribution in [-0.4, -0.2) is 6.54 Å². The molecule has 0 amide bonds. The van der Waals surface area contributed by atoms with Crippen molar-refractivity contribution in [1.29, 1.82) is 0 Å². The third kappa shape index (κ3) is 1.36. The molecule has 2 aliphatic rings. The van der Waals surface area contributed by atoms with Crippen LogP contribution >= 0.6 is 0 Å². The van der Waals surface area contributed by atoms with Gasteiger partial charge in [-0.1, -0.05) is 12.1 Å². The zero-order valence-corrected chi connectivity index (χ0v) is 8.69. The molecule has 3 rings (SSSR count). The fraction of sp³-hybridized carbons (Fsp3) is 0.500. The molecule has 1 aliphatic heterocycles. The van der Waals surface area contributed by atoms with Gasteiger partial charge in [0.1, 0.15) is 0 Å². The van der Waals surface area contributed by atoms with E-state index < -0.39 is 11.7 Å². The third-order valence-electron chi connectivity index (χ3n) is 3.62. The number of hydrogen-bond acceptors (Lipinski definition) is 1. The van der Waals surface area contributed by atoms with Crippen molar-refractivity contribution in [2.45, 2.75) is 31.0 Å². The average molecular weight is 227 g/mol. The first-order valence-electron chi connectivity index (χ1n) is 5.43. The van der Waals surface area contributed by atoms with Gasteiger partial charge in [0, 0.05) is 18.5 Å². The summed E-state index contributed by atoms with van der Waals surface area (Å²) >= 11 is 0. The fourth-order valence-electron chi connectivity index (χ4n) is 2.71. The van der Waals surface area contributed by atoms with Gasteiger partial charge in [-0.05, 0) is 30.0 Å². The summed E-state index contributed by atoms with van der Waals surface area (Å²) in [6.07, 6.45) is -2.47. The van der Waals surface area contributed by atoms with Crippen molar-refractivity contribution in [2.24, 2.45) is 0 Å². The summed E-state index contributed by atoms with van der Waals surface area (Å²) in [4.78, 5) is 0. The zero-order chi connectivity index (χ0) is 11.4. The molecule has 1 aromatic rings. The minimum absolute atomic E-state index is 0.223. The quantitative estimate of drug-likeness (QED) is 0.718. The van der Waals surface area contributed by atoms with Crippen LogP contribution < -0.4 is 5.32 Å². The van der Waals surface area contributed by atoms with E-state index in [-0.39, 0.29) is 5.41 Å². The van der Waals surface area contributed by atoms with E-state index in [0.717, 1.165) is 18.4 Å². The lowest BCUT2D eigenvalue weighted by Crippen LogP contribution is -2.35. The van der Waals surface area contributed by atoms with E-state index in [0.29, 0.717) is 18.7 Å². The Kier molecular flexibility index (Phi) is 1.90. The maximum atomic E-state index is 12.9. The zero-order valence-electron chi connectivity index (χ0n) is 8.69. The van der Waals surface area contributed by atoms with Crippen molar-refractivity contribution in [2.75, 3.05) is 6.54 Å². The molecule has 0 aromatic heterocycles. The van der Waals surface area contributed by atoms with Crippen LogP contribution in [0.4, 0.5) is 13.2 Å².